The van der Waals surface area contributed by atoms with E-state index >= 15 is 0 Å². The quantitative estimate of drug-likeness (QED) is 0.744. The van der Waals surface area contributed by atoms with Crippen molar-refractivity contribution in [3.8, 4) is 5.69 Å². The van der Waals surface area contributed by atoms with E-state index < -0.39 is 0 Å². The number of hydrogen-bond donors (Lipinski definition) is 0. The number of aromatic nitrogens is 2. The molecule has 0 aliphatic rings. The average Bonchev–Trinajstić information content (AvgIpc) is 2.85. The highest BCUT2D eigenvalue weighted by atomic mass is 19.1. The van der Waals surface area contributed by atoms with Crippen LogP contribution in [0.15, 0.2) is 54.3 Å². The van der Waals surface area contributed by atoms with Crippen LogP contribution in [0.25, 0.3) is 11.8 Å². The molecule has 0 unspecified atom stereocenters. The highest BCUT2D eigenvalue weighted by molar-refractivity contribution is 5.52. The first kappa shape index (κ1) is 12.3. The van der Waals surface area contributed by atoms with E-state index in [0.29, 0.717) is 0 Å². The Bertz CT molecular complexity index is 577. The number of halogens is 1. The van der Waals surface area contributed by atoms with E-state index in [-0.39, 0.29) is 5.82 Å². The van der Waals surface area contributed by atoms with E-state index in [1.807, 2.05) is 38.1 Å². The monoisotopic (exact) mass is 242 g/mol. The average molecular weight is 242 g/mol. The molecule has 0 bridgehead atoms. The van der Waals surface area contributed by atoms with Gasteiger partial charge in [-0.1, -0.05) is 17.7 Å². The Labute approximate surface area is 106 Å². The fourth-order valence-electron chi connectivity index (χ4n) is 1.55. The highest BCUT2D eigenvalue weighted by Crippen LogP contribution is 2.13. The van der Waals surface area contributed by atoms with Crippen molar-refractivity contribution < 1.29 is 4.39 Å². The standard InChI is InChI=1S/C15H15FN2/c1-3-12(2)4-7-15-10-11-17-18(15)14-8-5-13(16)6-9-14/h3-11H,1-2H3/b7-4-,12-3-. The predicted molar refractivity (Wildman–Crippen MR) is 72.0 cm³/mol. The second kappa shape index (κ2) is 5.45. The molecule has 0 fully saturated rings. The van der Waals surface area contributed by atoms with Crippen molar-refractivity contribution in [1.82, 2.24) is 9.78 Å². The molecule has 0 saturated carbocycles. The maximum atomic E-state index is 12.9. The van der Waals surface area contributed by atoms with Crippen LogP contribution in [0.3, 0.4) is 0 Å². The molecule has 0 aliphatic heterocycles. The van der Waals surface area contributed by atoms with Gasteiger partial charge in [0.25, 0.3) is 0 Å². The van der Waals surface area contributed by atoms with E-state index in [9.17, 15) is 4.39 Å². The molecule has 1 heterocycles. The van der Waals surface area contributed by atoms with Crippen LogP contribution in [-0.2, 0) is 0 Å². The van der Waals surface area contributed by atoms with Gasteiger partial charge in [-0.15, -0.1) is 0 Å². The van der Waals surface area contributed by atoms with E-state index in [0.717, 1.165) is 11.4 Å². The highest BCUT2D eigenvalue weighted by Gasteiger charge is 2.01. The van der Waals surface area contributed by atoms with Crippen LogP contribution in [0.4, 0.5) is 4.39 Å². The molecule has 2 rings (SSSR count). The van der Waals surface area contributed by atoms with Gasteiger partial charge in [0, 0.05) is 0 Å². The number of rotatable bonds is 3. The van der Waals surface area contributed by atoms with Crippen molar-refractivity contribution in [1.29, 1.82) is 0 Å². The molecule has 1 aromatic carbocycles. The maximum absolute atomic E-state index is 12.9. The Morgan fingerprint density at radius 1 is 1.22 bits per heavy atom. The Morgan fingerprint density at radius 3 is 2.61 bits per heavy atom. The van der Waals surface area contributed by atoms with E-state index in [2.05, 4.69) is 5.10 Å². The SMILES string of the molecule is C/C=C(C)\C=C/c1ccnn1-c1ccc(F)cc1. The second-order valence-electron chi connectivity index (χ2n) is 4.01. The number of benzene rings is 1. The van der Waals surface area contributed by atoms with E-state index in [4.69, 9.17) is 0 Å². The summed E-state index contributed by atoms with van der Waals surface area (Å²) in [6.07, 6.45) is 7.78. The van der Waals surface area contributed by atoms with Gasteiger partial charge in [-0.25, -0.2) is 9.07 Å². The van der Waals surface area contributed by atoms with Gasteiger partial charge in [0.15, 0.2) is 0 Å². The lowest BCUT2D eigenvalue weighted by Gasteiger charge is -2.04. The van der Waals surface area contributed by atoms with Gasteiger partial charge in [-0.05, 0) is 50.3 Å². The second-order valence-corrected chi connectivity index (χ2v) is 4.01. The summed E-state index contributed by atoms with van der Waals surface area (Å²) in [7, 11) is 0. The normalized spacial score (nSPS) is 12.3. The minimum atomic E-state index is -0.243. The third-order valence-electron chi connectivity index (χ3n) is 2.72. The first-order valence-electron chi connectivity index (χ1n) is 5.81. The van der Waals surface area contributed by atoms with Crippen molar-refractivity contribution in [2.45, 2.75) is 13.8 Å². The molecule has 18 heavy (non-hydrogen) atoms. The van der Waals surface area contributed by atoms with Crippen molar-refractivity contribution in [3.05, 3.63) is 65.8 Å². The molecule has 3 heteroatoms. The zero-order chi connectivity index (χ0) is 13.0. The molecule has 1 aromatic heterocycles. The topological polar surface area (TPSA) is 17.8 Å². The van der Waals surface area contributed by atoms with Crippen LogP contribution in [0, 0.1) is 5.82 Å². The van der Waals surface area contributed by atoms with E-state index in [1.165, 1.54) is 17.7 Å². The summed E-state index contributed by atoms with van der Waals surface area (Å²) >= 11 is 0. The molecule has 0 N–H and O–H groups in total. The molecular formula is C15H15FN2. The minimum absolute atomic E-state index is 0.243. The number of nitrogens with zero attached hydrogens (tertiary/aromatic N) is 2. The van der Waals surface area contributed by atoms with Gasteiger partial charge in [0.1, 0.15) is 5.82 Å². The molecule has 2 nitrogen and oxygen atoms in total. The van der Waals surface area contributed by atoms with Crippen LogP contribution in [0.2, 0.25) is 0 Å². The van der Waals surface area contributed by atoms with E-state index in [1.54, 1.807) is 23.0 Å². The zero-order valence-corrected chi connectivity index (χ0v) is 10.5. The lowest BCUT2D eigenvalue weighted by Crippen LogP contribution is -1.98. The van der Waals surface area contributed by atoms with Gasteiger partial charge >= 0.3 is 0 Å². The van der Waals surface area contributed by atoms with Gasteiger partial charge in [-0.2, -0.15) is 5.10 Å². The third kappa shape index (κ3) is 2.74. The van der Waals surface area contributed by atoms with Gasteiger partial charge < -0.3 is 0 Å². The summed E-state index contributed by atoms with van der Waals surface area (Å²) in [6.45, 7) is 4.03. The molecule has 0 atom stereocenters. The van der Waals surface area contributed by atoms with Crippen LogP contribution >= 0.6 is 0 Å². The lowest BCUT2D eigenvalue weighted by molar-refractivity contribution is 0.627. The minimum Gasteiger partial charge on any atom is -0.234 e. The fraction of sp³-hybridized carbons (Fsp3) is 0.133. The lowest BCUT2D eigenvalue weighted by atomic mass is 10.2. The first-order valence-corrected chi connectivity index (χ1v) is 5.81. The Balaban J connectivity index is 2.33. The number of allylic oxidation sites excluding steroid dienone is 3. The summed E-state index contributed by atoms with van der Waals surface area (Å²) in [5.74, 6) is -0.243. The predicted octanol–water partition coefficient (Wildman–Crippen LogP) is 3.99. The fourth-order valence-corrected chi connectivity index (χ4v) is 1.55. The smallest absolute Gasteiger partial charge is 0.123 e. The van der Waals surface area contributed by atoms with Gasteiger partial charge in [0.05, 0.1) is 17.6 Å². The number of hydrogen-bond acceptors (Lipinski definition) is 1. The van der Waals surface area contributed by atoms with Gasteiger partial charge in [-0.3, -0.25) is 0 Å². The Kier molecular flexibility index (Phi) is 3.72. The van der Waals surface area contributed by atoms with Crippen LogP contribution in [-0.4, -0.2) is 9.78 Å². The van der Waals surface area contributed by atoms with Crippen LogP contribution in [0.1, 0.15) is 19.5 Å². The summed E-state index contributed by atoms with van der Waals surface area (Å²) < 4.78 is 14.7. The molecule has 0 amide bonds. The molecule has 0 spiro atoms. The van der Waals surface area contributed by atoms with Crippen LogP contribution < -0.4 is 0 Å². The third-order valence-corrected chi connectivity index (χ3v) is 2.72. The van der Waals surface area contributed by atoms with Crippen LogP contribution in [0.5, 0.6) is 0 Å². The molecule has 92 valence electrons. The molecule has 0 radical (unpaired) electrons. The molecule has 0 saturated heterocycles. The van der Waals surface area contributed by atoms with Crippen molar-refractivity contribution in [2.24, 2.45) is 0 Å². The summed E-state index contributed by atoms with van der Waals surface area (Å²) in [4.78, 5) is 0. The van der Waals surface area contributed by atoms with Crippen molar-refractivity contribution in [3.63, 3.8) is 0 Å². The summed E-state index contributed by atoms with van der Waals surface area (Å²) in [5.41, 5.74) is 2.99. The van der Waals surface area contributed by atoms with Gasteiger partial charge in [0.2, 0.25) is 0 Å². The molecular weight excluding hydrogens is 227 g/mol. The summed E-state index contributed by atoms with van der Waals surface area (Å²) in [6, 6.07) is 8.20. The van der Waals surface area contributed by atoms with Crippen molar-refractivity contribution >= 4 is 6.08 Å². The molecule has 0 aliphatic carbocycles. The largest absolute Gasteiger partial charge is 0.234 e. The zero-order valence-electron chi connectivity index (χ0n) is 10.5. The summed E-state index contributed by atoms with van der Waals surface area (Å²) in [5, 5.41) is 4.24. The first-order chi connectivity index (χ1) is 8.70. The molecule has 2 aromatic rings. The Morgan fingerprint density at radius 2 is 1.94 bits per heavy atom. The van der Waals surface area contributed by atoms with Crippen molar-refractivity contribution in [2.75, 3.05) is 0 Å². The maximum Gasteiger partial charge on any atom is 0.123 e. The Hall–Kier alpha value is -2.16.